The quantitative estimate of drug-likeness (QED) is 0.380. The number of hydrogen-bond donors (Lipinski definition) is 1. The number of carbonyl (C=O) groups excluding carboxylic acids is 1. The molecule has 0 aliphatic rings. The van der Waals surface area contributed by atoms with Crippen molar-refractivity contribution in [3.8, 4) is 11.4 Å². The van der Waals surface area contributed by atoms with E-state index in [1.807, 2.05) is 0 Å². The van der Waals surface area contributed by atoms with Gasteiger partial charge in [-0.2, -0.15) is 4.68 Å². The molecular formula is C22H15ClN4O4. The topological polar surface area (TPSA) is 107 Å². The molecule has 154 valence electrons. The fourth-order valence-electron chi connectivity index (χ4n) is 3.20. The molecule has 0 bridgehead atoms. The van der Waals surface area contributed by atoms with Gasteiger partial charge in [0.2, 0.25) is 0 Å². The predicted molar refractivity (Wildman–Crippen MR) is 118 cm³/mol. The largest absolute Gasteiger partial charge is 0.280 e. The van der Waals surface area contributed by atoms with Crippen LogP contribution in [0, 0.1) is 17.0 Å². The minimum atomic E-state index is -0.604. The van der Waals surface area contributed by atoms with Crippen molar-refractivity contribution in [3.05, 3.63) is 103 Å². The number of aryl methyl sites for hydroxylation is 1. The second-order valence-electron chi connectivity index (χ2n) is 6.80. The number of fused-ring (bicyclic) bond motifs is 1. The third-order valence-electron chi connectivity index (χ3n) is 4.75. The molecule has 0 atom stereocenters. The minimum absolute atomic E-state index is 0.0945. The van der Waals surface area contributed by atoms with Crippen molar-refractivity contribution in [1.29, 1.82) is 0 Å². The van der Waals surface area contributed by atoms with Crippen molar-refractivity contribution in [1.82, 2.24) is 9.66 Å². The molecule has 9 heteroatoms. The number of nitrogens with one attached hydrogen (secondary N) is 1. The van der Waals surface area contributed by atoms with Crippen molar-refractivity contribution >= 4 is 34.1 Å². The van der Waals surface area contributed by atoms with Crippen LogP contribution in [0.5, 0.6) is 0 Å². The average Bonchev–Trinajstić information content (AvgIpc) is 2.75. The number of carbonyl (C=O) groups is 1. The Bertz CT molecular complexity index is 1400. The summed E-state index contributed by atoms with van der Waals surface area (Å²) in [5.74, 6) is -0.375. The van der Waals surface area contributed by atoms with E-state index in [4.69, 9.17) is 11.6 Å². The fraction of sp³-hybridized carbons (Fsp3) is 0.0455. The number of rotatable bonds is 4. The highest BCUT2D eigenvalue weighted by atomic mass is 35.5. The van der Waals surface area contributed by atoms with Crippen LogP contribution in [0.2, 0.25) is 5.02 Å². The van der Waals surface area contributed by atoms with Crippen molar-refractivity contribution in [3.63, 3.8) is 0 Å². The average molecular weight is 435 g/mol. The number of nitro benzene ring substituents is 1. The molecule has 31 heavy (non-hydrogen) atoms. The van der Waals surface area contributed by atoms with Gasteiger partial charge in [0.25, 0.3) is 17.2 Å². The van der Waals surface area contributed by atoms with Gasteiger partial charge in [-0.15, -0.1) is 0 Å². The molecule has 1 amide bonds. The third-order valence-corrected chi connectivity index (χ3v) is 5.00. The van der Waals surface area contributed by atoms with E-state index >= 15 is 0 Å². The number of hydrogen-bond acceptors (Lipinski definition) is 5. The molecule has 3 aromatic carbocycles. The zero-order valence-electron chi connectivity index (χ0n) is 16.2. The van der Waals surface area contributed by atoms with Gasteiger partial charge in [-0.1, -0.05) is 23.7 Å². The Kier molecular flexibility index (Phi) is 5.22. The molecule has 0 saturated carbocycles. The highest BCUT2D eigenvalue weighted by Gasteiger charge is 2.18. The summed E-state index contributed by atoms with van der Waals surface area (Å²) in [5, 5.41) is 11.9. The van der Waals surface area contributed by atoms with Gasteiger partial charge >= 0.3 is 0 Å². The molecule has 1 heterocycles. The van der Waals surface area contributed by atoms with E-state index < -0.39 is 16.4 Å². The molecule has 0 fully saturated rings. The van der Waals surface area contributed by atoms with Crippen LogP contribution >= 0.6 is 11.6 Å². The van der Waals surface area contributed by atoms with Gasteiger partial charge in [-0.25, -0.2) is 4.98 Å². The number of nitro groups is 1. The van der Waals surface area contributed by atoms with E-state index in [2.05, 4.69) is 10.4 Å². The molecule has 0 unspecified atom stereocenters. The van der Waals surface area contributed by atoms with Crippen LogP contribution in [0.1, 0.15) is 15.9 Å². The lowest BCUT2D eigenvalue weighted by Crippen LogP contribution is -2.35. The van der Waals surface area contributed by atoms with E-state index in [-0.39, 0.29) is 17.1 Å². The van der Waals surface area contributed by atoms with E-state index in [0.717, 1.165) is 4.68 Å². The molecule has 4 aromatic rings. The van der Waals surface area contributed by atoms with E-state index in [1.165, 1.54) is 25.1 Å². The lowest BCUT2D eigenvalue weighted by molar-refractivity contribution is -0.385. The Balaban J connectivity index is 1.83. The first-order valence-corrected chi connectivity index (χ1v) is 9.57. The van der Waals surface area contributed by atoms with Crippen LogP contribution in [0.3, 0.4) is 0 Å². The molecule has 0 saturated heterocycles. The second-order valence-corrected chi connectivity index (χ2v) is 7.24. The summed E-state index contributed by atoms with van der Waals surface area (Å²) in [4.78, 5) is 41.1. The lowest BCUT2D eigenvalue weighted by Gasteiger charge is -2.15. The zero-order chi connectivity index (χ0) is 22.1. The Hall–Kier alpha value is -4.04. The molecule has 0 spiro atoms. The lowest BCUT2D eigenvalue weighted by atomic mass is 10.1. The Morgan fingerprint density at radius 3 is 2.48 bits per heavy atom. The summed E-state index contributed by atoms with van der Waals surface area (Å²) < 4.78 is 1.07. The van der Waals surface area contributed by atoms with Gasteiger partial charge in [0.05, 0.1) is 15.8 Å². The highest BCUT2D eigenvalue weighted by Crippen LogP contribution is 2.22. The molecule has 0 aliphatic carbocycles. The number of para-hydroxylation sites is 1. The summed E-state index contributed by atoms with van der Waals surface area (Å²) in [6.07, 6.45) is 0. The second kappa shape index (κ2) is 8.00. The van der Waals surface area contributed by atoms with Crippen LogP contribution < -0.4 is 11.0 Å². The molecule has 0 radical (unpaired) electrons. The first-order valence-electron chi connectivity index (χ1n) is 9.19. The van der Waals surface area contributed by atoms with Crippen LogP contribution in [-0.2, 0) is 0 Å². The first kappa shape index (κ1) is 20.2. The smallest absolute Gasteiger partial charge is 0.267 e. The van der Waals surface area contributed by atoms with Crippen LogP contribution in [-0.4, -0.2) is 20.5 Å². The van der Waals surface area contributed by atoms with Gasteiger partial charge in [0.1, 0.15) is 0 Å². The predicted octanol–water partition coefficient (Wildman–Crippen LogP) is 4.32. The SMILES string of the molecule is Cc1cc(C(=O)Nn2c(-c3ccc(Cl)cc3)nc3ccccc3c2=O)ccc1[N+](=O)[O-]. The normalized spacial score (nSPS) is 10.8. The number of benzene rings is 3. The monoisotopic (exact) mass is 434 g/mol. The van der Waals surface area contributed by atoms with Crippen molar-refractivity contribution in [2.24, 2.45) is 0 Å². The Morgan fingerprint density at radius 1 is 1.10 bits per heavy atom. The number of amides is 1. The standard InChI is InChI=1S/C22H15ClN4O4/c1-13-12-15(8-11-19(13)27(30)31)21(28)25-26-20(14-6-9-16(23)10-7-14)24-18-5-3-2-4-17(18)22(26)29/h2-12H,1H3,(H,25,28). The summed E-state index contributed by atoms with van der Waals surface area (Å²) in [6.45, 7) is 1.54. The summed E-state index contributed by atoms with van der Waals surface area (Å²) in [6, 6.07) is 17.5. The molecule has 0 aliphatic heterocycles. The van der Waals surface area contributed by atoms with E-state index in [1.54, 1.807) is 48.5 Å². The molecule has 4 rings (SSSR count). The van der Waals surface area contributed by atoms with Gasteiger partial charge in [0.15, 0.2) is 5.82 Å². The highest BCUT2D eigenvalue weighted by molar-refractivity contribution is 6.30. The number of aromatic nitrogens is 2. The Labute approximate surface area is 180 Å². The summed E-state index contributed by atoms with van der Waals surface area (Å²) in [7, 11) is 0. The van der Waals surface area contributed by atoms with Gasteiger partial charge < -0.3 is 0 Å². The van der Waals surface area contributed by atoms with Crippen molar-refractivity contribution < 1.29 is 9.72 Å². The Morgan fingerprint density at radius 2 is 1.81 bits per heavy atom. The minimum Gasteiger partial charge on any atom is -0.267 e. The third kappa shape index (κ3) is 3.88. The van der Waals surface area contributed by atoms with Crippen molar-refractivity contribution in [2.75, 3.05) is 5.43 Å². The fourth-order valence-corrected chi connectivity index (χ4v) is 3.32. The molecule has 1 N–H and O–H groups in total. The van der Waals surface area contributed by atoms with E-state index in [9.17, 15) is 19.7 Å². The molecule has 8 nitrogen and oxygen atoms in total. The van der Waals surface area contributed by atoms with Gasteiger partial charge in [-0.3, -0.25) is 25.1 Å². The van der Waals surface area contributed by atoms with Crippen LogP contribution in [0.4, 0.5) is 5.69 Å². The van der Waals surface area contributed by atoms with E-state index in [0.29, 0.717) is 27.1 Å². The van der Waals surface area contributed by atoms with Gasteiger partial charge in [-0.05, 0) is 55.5 Å². The maximum absolute atomic E-state index is 13.2. The van der Waals surface area contributed by atoms with Crippen molar-refractivity contribution in [2.45, 2.75) is 6.92 Å². The van der Waals surface area contributed by atoms with Crippen LogP contribution in [0.15, 0.2) is 71.5 Å². The summed E-state index contributed by atoms with van der Waals surface area (Å²) >= 11 is 5.97. The first-order chi connectivity index (χ1) is 14.8. The summed E-state index contributed by atoms with van der Waals surface area (Å²) in [5.41, 5.74) is 3.59. The molecular weight excluding hydrogens is 420 g/mol. The van der Waals surface area contributed by atoms with Crippen LogP contribution in [0.25, 0.3) is 22.3 Å². The van der Waals surface area contributed by atoms with Gasteiger partial charge in [0, 0.05) is 27.8 Å². The molecule has 1 aromatic heterocycles. The maximum atomic E-state index is 13.2. The number of halogens is 1. The zero-order valence-corrected chi connectivity index (χ0v) is 17.0. The maximum Gasteiger partial charge on any atom is 0.280 e. The number of nitrogens with zero attached hydrogens (tertiary/aromatic N) is 3.